The van der Waals surface area contributed by atoms with Crippen molar-refractivity contribution >= 4 is 22.0 Å². The van der Waals surface area contributed by atoms with E-state index in [4.69, 9.17) is 4.42 Å². The van der Waals surface area contributed by atoms with E-state index in [-0.39, 0.29) is 5.63 Å². The molecule has 1 N–H and O–H groups in total. The van der Waals surface area contributed by atoms with Crippen molar-refractivity contribution < 1.29 is 9.32 Å². The lowest BCUT2D eigenvalue weighted by atomic mass is 10.2. The highest BCUT2D eigenvalue weighted by molar-refractivity contribution is 6.00. The lowest BCUT2D eigenvalue weighted by Gasteiger charge is -2.12. The van der Waals surface area contributed by atoms with E-state index in [9.17, 15) is 4.79 Å². The second kappa shape index (κ2) is 5.00. The molecule has 1 saturated heterocycles. The first-order valence-corrected chi connectivity index (χ1v) is 7.53. The van der Waals surface area contributed by atoms with Crippen LogP contribution < -0.4 is 10.5 Å². The van der Waals surface area contributed by atoms with E-state index in [1.807, 2.05) is 24.3 Å². The van der Waals surface area contributed by atoms with Gasteiger partial charge in [0, 0.05) is 18.2 Å². The number of hydrogen-bond donors (Lipinski definition) is 1. The molecule has 2 aromatic heterocycles. The van der Waals surface area contributed by atoms with Crippen LogP contribution in [0.3, 0.4) is 0 Å². The molecule has 3 aromatic rings. The Balaban J connectivity index is 1.80. The normalized spacial score (nSPS) is 16.2. The first-order chi connectivity index (χ1) is 10.3. The fourth-order valence-electron chi connectivity index (χ4n) is 3.29. The van der Waals surface area contributed by atoms with Crippen LogP contribution in [-0.4, -0.2) is 29.2 Å². The van der Waals surface area contributed by atoms with Crippen LogP contribution in [-0.2, 0) is 6.54 Å². The van der Waals surface area contributed by atoms with Gasteiger partial charge in [0.25, 0.3) is 0 Å². The van der Waals surface area contributed by atoms with Crippen molar-refractivity contribution in [3.8, 4) is 0 Å². The third kappa shape index (κ3) is 2.14. The molecule has 0 unspecified atom stereocenters. The Morgan fingerprint density at radius 3 is 2.90 bits per heavy atom. The predicted octanol–water partition coefficient (Wildman–Crippen LogP) is 0.821. The first kappa shape index (κ1) is 12.6. The monoisotopic (exact) mass is 284 g/mol. The van der Waals surface area contributed by atoms with E-state index in [1.54, 1.807) is 11.2 Å². The van der Waals surface area contributed by atoms with Gasteiger partial charge >= 0.3 is 5.63 Å². The highest BCUT2D eigenvalue weighted by atomic mass is 16.4. The summed E-state index contributed by atoms with van der Waals surface area (Å²) < 4.78 is 7.43. The van der Waals surface area contributed by atoms with E-state index in [1.165, 1.54) is 25.9 Å². The van der Waals surface area contributed by atoms with Crippen molar-refractivity contribution in [3.05, 3.63) is 41.0 Å². The van der Waals surface area contributed by atoms with Crippen molar-refractivity contribution in [2.75, 3.05) is 19.6 Å². The molecule has 5 nitrogen and oxygen atoms in total. The minimum atomic E-state index is -0.351. The van der Waals surface area contributed by atoms with Crippen LogP contribution >= 0.6 is 0 Å². The average Bonchev–Trinajstić information content (AvgIpc) is 3.15. The zero-order valence-electron chi connectivity index (χ0n) is 11.8. The average molecular weight is 284 g/mol. The molecule has 0 saturated carbocycles. The fourth-order valence-corrected chi connectivity index (χ4v) is 3.29. The molecular formula is C16H18N3O2+. The van der Waals surface area contributed by atoms with Crippen LogP contribution in [0.1, 0.15) is 12.8 Å². The zero-order valence-corrected chi connectivity index (χ0v) is 11.8. The van der Waals surface area contributed by atoms with Gasteiger partial charge in [-0.25, -0.2) is 9.78 Å². The number of para-hydroxylation sites is 1. The molecule has 0 aliphatic carbocycles. The second-order valence-electron chi connectivity index (χ2n) is 5.73. The Labute approximate surface area is 121 Å². The topological polar surface area (TPSA) is 52.5 Å². The number of nitrogens with zero attached hydrogens (tertiary/aromatic N) is 2. The van der Waals surface area contributed by atoms with Gasteiger partial charge in [-0.1, -0.05) is 12.1 Å². The van der Waals surface area contributed by atoms with Crippen LogP contribution in [0.15, 0.2) is 39.8 Å². The van der Waals surface area contributed by atoms with Crippen molar-refractivity contribution in [2.24, 2.45) is 0 Å². The summed E-state index contributed by atoms with van der Waals surface area (Å²) in [4.78, 5) is 17.9. The van der Waals surface area contributed by atoms with Crippen LogP contribution in [0.4, 0.5) is 0 Å². The molecule has 0 radical (unpaired) electrons. The number of likely N-dealkylation sites (tertiary alicyclic amines) is 1. The number of imidazole rings is 1. The molecule has 1 aromatic carbocycles. The summed E-state index contributed by atoms with van der Waals surface area (Å²) in [5.74, 6) is 0. The summed E-state index contributed by atoms with van der Waals surface area (Å²) in [5.41, 5.74) is 1.62. The predicted molar refractivity (Wildman–Crippen MR) is 80.6 cm³/mol. The summed E-state index contributed by atoms with van der Waals surface area (Å²) in [6.45, 7) is 4.49. The van der Waals surface area contributed by atoms with E-state index >= 15 is 0 Å². The smallest absolute Gasteiger partial charge is 0.364 e. The molecule has 1 aliphatic heterocycles. The lowest BCUT2D eigenvalue weighted by molar-refractivity contribution is -0.888. The maximum Gasteiger partial charge on any atom is 0.364 e. The molecule has 4 rings (SSSR count). The van der Waals surface area contributed by atoms with Gasteiger partial charge in [0.15, 0.2) is 5.52 Å². The number of rotatable bonds is 3. The Morgan fingerprint density at radius 1 is 1.24 bits per heavy atom. The number of quaternary nitrogens is 1. The molecule has 108 valence electrons. The van der Waals surface area contributed by atoms with Gasteiger partial charge in [0.05, 0.1) is 38.0 Å². The SMILES string of the molecule is O=c1oc2ccccc2c2c1ncn2CC[NH+]1CCCC1. The maximum absolute atomic E-state index is 12.0. The van der Waals surface area contributed by atoms with Gasteiger partial charge in [0.1, 0.15) is 5.58 Å². The van der Waals surface area contributed by atoms with E-state index < -0.39 is 0 Å². The van der Waals surface area contributed by atoms with Gasteiger partial charge in [-0.2, -0.15) is 0 Å². The molecule has 0 atom stereocenters. The number of fused-ring (bicyclic) bond motifs is 3. The zero-order chi connectivity index (χ0) is 14.2. The third-order valence-electron chi connectivity index (χ3n) is 4.39. The minimum Gasteiger partial charge on any atom is -0.421 e. The van der Waals surface area contributed by atoms with Gasteiger partial charge < -0.3 is 13.9 Å². The second-order valence-corrected chi connectivity index (χ2v) is 5.73. The molecular weight excluding hydrogens is 266 g/mol. The Bertz CT molecular complexity index is 843. The maximum atomic E-state index is 12.0. The van der Waals surface area contributed by atoms with Gasteiger partial charge in [0.2, 0.25) is 0 Å². The summed E-state index contributed by atoms with van der Waals surface area (Å²) in [6, 6.07) is 7.66. The summed E-state index contributed by atoms with van der Waals surface area (Å²) in [7, 11) is 0. The largest absolute Gasteiger partial charge is 0.421 e. The molecule has 0 spiro atoms. The van der Waals surface area contributed by atoms with E-state index in [0.29, 0.717) is 11.1 Å². The van der Waals surface area contributed by atoms with E-state index in [2.05, 4.69) is 9.55 Å². The van der Waals surface area contributed by atoms with Crippen LogP contribution in [0.5, 0.6) is 0 Å². The van der Waals surface area contributed by atoms with Crippen molar-refractivity contribution in [1.82, 2.24) is 9.55 Å². The third-order valence-corrected chi connectivity index (χ3v) is 4.39. The molecule has 21 heavy (non-hydrogen) atoms. The molecule has 1 fully saturated rings. The molecule has 5 heteroatoms. The van der Waals surface area contributed by atoms with Gasteiger partial charge in [-0.15, -0.1) is 0 Å². The number of benzene rings is 1. The van der Waals surface area contributed by atoms with Crippen LogP contribution in [0, 0.1) is 0 Å². The quantitative estimate of drug-likeness (QED) is 0.725. The lowest BCUT2D eigenvalue weighted by Crippen LogP contribution is -3.10. The first-order valence-electron chi connectivity index (χ1n) is 7.53. The number of nitrogens with one attached hydrogen (secondary N) is 1. The fraction of sp³-hybridized carbons (Fsp3) is 0.375. The minimum absolute atomic E-state index is 0.351. The highest BCUT2D eigenvalue weighted by Crippen LogP contribution is 2.21. The summed E-state index contributed by atoms with van der Waals surface area (Å²) in [6.07, 6.45) is 4.42. The molecule has 0 amide bonds. The molecule has 1 aliphatic rings. The summed E-state index contributed by atoms with van der Waals surface area (Å²) in [5, 5.41) is 0.959. The van der Waals surface area contributed by atoms with Gasteiger partial charge in [-0.05, 0) is 12.1 Å². The van der Waals surface area contributed by atoms with Crippen molar-refractivity contribution in [3.63, 3.8) is 0 Å². The van der Waals surface area contributed by atoms with Crippen LogP contribution in [0.2, 0.25) is 0 Å². The Morgan fingerprint density at radius 2 is 2.05 bits per heavy atom. The van der Waals surface area contributed by atoms with Crippen LogP contribution in [0.25, 0.3) is 22.0 Å². The van der Waals surface area contributed by atoms with Gasteiger partial charge in [-0.3, -0.25) is 0 Å². The highest BCUT2D eigenvalue weighted by Gasteiger charge is 2.17. The van der Waals surface area contributed by atoms with E-state index in [0.717, 1.165) is 24.0 Å². The number of hydrogen-bond acceptors (Lipinski definition) is 3. The van der Waals surface area contributed by atoms with Crippen molar-refractivity contribution in [1.29, 1.82) is 0 Å². The molecule has 3 heterocycles. The van der Waals surface area contributed by atoms with Crippen molar-refractivity contribution in [2.45, 2.75) is 19.4 Å². The standard InChI is InChI=1S/C16H17N3O2/c20-16-14-15(12-5-1-2-6-13(12)21-16)19(11-17-14)10-9-18-7-3-4-8-18/h1-2,5-6,11H,3-4,7-10H2/p+1. The summed E-state index contributed by atoms with van der Waals surface area (Å²) >= 11 is 0. The Hall–Kier alpha value is -2.14. The number of aromatic nitrogens is 2. The molecule has 0 bridgehead atoms. The Kier molecular flexibility index (Phi) is 3.00.